The summed E-state index contributed by atoms with van der Waals surface area (Å²) in [7, 11) is 0. The topological polar surface area (TPSA) is 64.1 Å². The molecule has 1 aliphatic rings. The summed E-state index contributed by atoms with van der Waals surface area (Å²) < 4.78 is 0. The monoisotopic (exact) mass is 465 g/mol. The van der Waals surface area contributed by atoms with Crippen LogP contribution in [0.2, 0.25) is 0 Å². The molecule has 36 heavy (non-hydrogen) atoms. The van der Waals surface area contributed by atoms with E-state index < -0.39 is 0 Å². The van der Waals surface area contributed by atoms with Gasteiger partial charge in [-0.1, -0.05) is 62.4 Å². The van der Waals surface area contributed by atoms with Crippen molar-refractivity contribution in [3.8, 4) is 11.1 Å². The van der Waals surface area contributed by atoms with Crippen molar-refractivity contribution in [2.45, 2.75) is 19.3 Å². The van der Waals surface area contributed by atoms with Gasteiger partial charge < -0.3 is 16.8 Å². The van der Waals surface area contributed by atoms with Gasteiger partial charge in [-0.2, -0.15) is 0 Å². The molecule has 0 heterocycles. The van der Waals surface area contributed by atoms with E-state index in [0.29, 0.717) is 0 Å². The Labute approximate surface area is 210 Å². The van der Waals surface area contributed by atoms with Crippen LogP contribution in [0.5, 0.6) is 0 Å². The molecule has 0 amide bonds. The van der Waals surface area contributed by atoms with Gasteiger partial charge in [-0.05, 0) is 86.9 Å². The van der Waals surface area contributed by atoms with Gasteiger partial charge in [0.2, 0.25) is 0 Å². The van der Waals surface area contributed by atoms with Gasteiger partial charge >= 0.3 is 0 Å². The molecule has 0 unspecified atom stereocenters. The molecule has 3 nitrogen and oxygen atoms in total. The lowest BCUT2D eigenvalue weighted by Gasteiger charge is -2.23. The maximum absolute atomic E-state index is 6.28. The first-order chi connectivity index (χ1) is 17.4. The van der Waals surface area contributed by atoms with Gasteiger partial charge in [0, 0.05) is 38.6 Å². The molecular formula is C33H27N3. The van der Waals surface area contributed by atoms with Crippen LogP contribution in [0.15, 0.2) is 97.1 Å². The molecule has 6 aromatic rings. The molecule has 0 aliphatic heterocycles. The largest absolute Gasteiger partial charge is 0.399 e. The Kier molecular flexibility index (Phi) is 4.20. The van der Waals surface area contributed by atoms with E-state index in [-0.39, 0.29) is 5.41 Å². The van der Waals surface area contributed by atoms with E-state index >= 15 is 0 Å². The molecule has 5 N–H and O–H groups in total. The summed E-state index contributed by atoms with van der Waals surface area (Å²) in [5.41, 5.74) is 21.2. The summed E-state index contributed by atoms with van der Waals surface area (Å²) >= 11 is 0. The molecule has 174 valence electrons. The minimum Gasteiger partial charge on any atom is -0.399 e. The third-order valence-corrected chi connectivity index (χ3v) is 7.85. The predicted octanol–water partition coefficient (Wildman–Crippen LogP) is 8.36. The molecule has 0 saturated heterocycles. The second kappa shape index (κ2) is 7.25. The fourth-order valence-electron chi connectivity index (χ4n) is 5.98. The molecule has 0 radical (unpaired) electrons. The highest BCUT2D eigenvalue weighted by Crippen LogP contribution is 2.51. The first-order valence-electron chi connectivity index (χ1n) is 12.4. The lowest BCUT2D eigenvalue weighted by atomic mass is 9.81. The number of rotatable bonds is 2. The van der Waals surface area contributed by atoms with E-state index in [1.165, 1.54) is 43.8 Å². The number of benzene rings is 6. The zero-order valence-electron chi connectivity index (χ0n) is 20.4. The number of nitrogens with two attached hydrogens (primary N) is 2. The van der Waals surface area contributed by atoms with E-state index in [0.717, 1.165) is 33.5 Å². The Morgan fingerprint density at radius 2 is 1.28 bits per heavy atom. The fraction of sp³-hybridized carbons (Fsp3) is 0.0909. The van der Waals surface area contributed by atoms with Gasteiger partial charge in [0.05, 0.1) is 5.69 Å². The highest BCUT2D eigenvalue weighted by Gasteiger charge is 2.36. The van der Waals surface area contributed by atoms with Gasteiger partial charge in [-0.15, -0.1) is 0 Å². The van der Waals surface area contributed by atoms with Crippen LogP contribution in [-0.2, 0) is 5.41 Å². The molecule has 0 aromatic heterocycles. The van der Waals surface area contributed by atoms with E-state index in [4.69, 9.17) is 11.5 Å². The maximum atomic E-state index is 6.28. The summed E-state index contributed by atoms with van der Waals surface area (Å²) in [5.74, 6) is 0. The fourth-order valence-corrected chi connectivity index (χ4v) is 5.98. The first kappa shape index (κ1) is 20.8. The molecule has 0 fully saturated rings. The van der Waals surface area contributed by atoms with E-state index in [1.54, 1.807) is 0 Å². The van der Waals surface area contributed by atoms with Crippen molar-refractivity contribution >= 4 is 55.1 Å². The van der Waals surface area contributed by atoms with Gasteiger partial charge in [0.25, 0.3) is 0 Å². The van der Waals surface area contributed by atoms with Crippen molar-refractivity contribution < 1.29 is 0 Å². The third-order valence-electron chi connectivity index (χ3n) is 7.85. The Balaban J connectivity index is 1.56. The van der Waals surface area contributed by atoms with Crippen molar-refractivity contribution in [3.05, 3.63) is 108 Å². The smallest absolute Gasteiger partial charge is 0.0544 e. The SMILES string of the molecule is CC1(C)c2cc(N)ccc2-c2cc3c(Nc4cccc5ccccc45)c4cc(N)ccc4cc3cc21. The van der Waals surface area contributed by atoms with Crippen LogP contribution < -0.4 is 16.8 Å². The van der Waals surface area contributed by atoms with E-state index in [2.05, 4.69) is 104 Å². The standard InChI is InChI=1S/C33H27N3/c1-33(2)29-15-21-14-20-10-11-22(34)16-26(20)32(36-31-9-5-7-19-6-3-4-8-24(19)31)27(21)18-28(29)25-13-12-23(35)17-30(25)33/h3-18,36H,34-35H2,1-2H3. The van der Waals surface area contributed by atoms with Crippen molar-refractivity contribution in [2.24, 2.45) is 0 Å². The number of hydrogen-bond donors (Lipinski definition) is 3. The zero-order chi connectivity index (χ0) is 24.6. The van der Waals surface area contributed by atoms with Crippen LogP contribution in [0.3, 0.4) is 0 Å². The Morgan fingerprint density at radius 3 is 2.17 bits per heavy atom. The molecular weight excluding hydrogens is 438 g/mol. The van der Waals surface area contributed by atoms with Crippen molar-refractivity contribution in [3.63, 3.8) is 0 Å². The summed E-state index contributed by atoms with van der Waals surface area (Å²) in [6.07, 6.45) is 0. The highest BCUT2D eigenvalue weighted by atomic mass is 14.9. The number of fused-ring (bicyclic) bond motifs is 6. The summed E-state index contributed by atoms with van der Waals surface area (Å²) in [4.78, 5) is 0. The molecule has 0 saturated carbocycles. The third kappa shape index (κ3) is 2.93. The number of nitrogen functional groups attached to an aromatic ring is 2. The second-order valence-electron chi connectivity index (χ2n) is 10.4. The molecule has 0 atom stereocenters. The molecule has 7 rings (SSSR count). The number of anilines is 4. The number of hydrogen-bond acceptors (Lipinski definition) is 3. The molecule has 3 heteroatoms. The molecule has 6 aromatic carbocycles. The molecule has 1 aliphatic carbocycles. The van der Waals surface area contributed by atoms with Gasteiger partial charge in [-0.3, -0.25) is 0 Å². The molecule has 0 bridgehead atoms. The Morgan fingerprint density at radius 1 is 0.556 bits per heavy atom. The Bertz CT molecular complexity index is 1860. The minimum atomic E-state index is -0.118. The zero-order valence-corrected chi connectivity index (χ0v) is 20.4. The predicted molar refractivity (Wildman–Crippen MR) is 155 cm³/mol. The lowest BCUT2D eigenvalue weighted by molar-refractivity contribution is 0.661. The quantitative estimate of drug-likeness (QED) is 0.178. The van der Waals surface area contributed by atoms with Gasteiger partial charge in [0.15, 0.2) is 0 Å². The number of nitrogens with one attached hydrogen (secondary N) is 1. The Hall–Kier alpha value is -4.50. The van der Waals surface area contributed by atoms with Crippen LogP contribution in [0.4, 0.5) is 22.7 Å². The van der Waals surface area contributed by atoms with E-state index in [9.17, 15) is 0 Å². The van der Waals surface area contributed by atoms with Crippen LogP contribution >= 0.6 is 0 Å². The van der Waals surface area contributed by atoms with Gasteiger partial charge in [0.1, 0.15) is 0 Å². The highest BCUT2D eigenvalue weighted by molar-refractivity contribution is 6.15. The minimum absolute atomic E-state index is 0.118. The van der Waals surface area contributed by atoms with E-state index in [1.807, 2.05) is 12.1 Å². The second-order valence-corrected chi connectivity index (χ2v) is 10.4. The van der Waals surface area contributed by atoms with Crippen LogP contribution in [0, 0.1) is 0 Å². The average molecular weight is 466 g/mol. The van der Waals surface area contributed by atoms with Gasteiger partial charge in [-0.25, -0.2) is 0 Å². The average Bonchev–Trinajstić information content (AvgIpc) is 3.09. The lowest BCUT2D eigenvalue weighted by Crippen LogP contribution is -2.15. The molecule has 0 spiro atoms. The first-order valence-corrected chi connectivity index (χ1v) is 12.4. The summed E-state index contributed by atoms with van der Waals surface area (Å²) in [6, 6.07) is 34.4. The van der Waals surface area contributed by atoms with Crippen LogP contribution in [0.1, 0.15) is 25.0 Å². The summed E-state index contributed by atoms with van der Waals surface area (Å²) in [5, 5.41) is 10.9. The van der Waals surface area contributed by atoms with Crippen LogP contribution in [0.25, 0.3) is 43.4 Å². The van der Waals surface area contributed by atoms with Crippen molar-refractivity contribution in [2.75, 3.05) is 16.8 Å². The van der Waals surface area contributed by atoms with Crippen LogP contribution in [-0.4, -0.2) is 0 Å². The summed E-state index contributed by atoms with van der Waals surface area (Å²) in [6.45, 7) is 4.58. The normalized spacial score (nSPS) is 13.7. The van der Waals surface area contributed by atoms with Crippen molar-refractivity contribution in [1.82, 2.24) is 0 Å². The maximum Gasteiger partial charge on any atom is 0.0544 e. The van der Waals surface area contributed by atoms with Crippen molar-refractivity contribution in [1.29, 1.82) is 0 Å².